The molecule has 4 rings (SSSR count). The van der Waals surface area contributed by atoms with Crippen LogP contribution in [0.4, 0.5) is 15.9 Å². The first-order chi connectivity index (χ1) is 16.7. The van der Waals surface area contributed by atoms with Gasteiger partial charge in [0.05, 0.1) is 39.7 Å². The minimum atomic E-state index is -0.567. The summed E-state index contributed by atoms with van der Waals surface area (Å²) >= 11 is 14.5. The van der Waals surface area contributed by atoms with Crippen molar-refractivity contribution < 1.29 is 14.1 Å². The third-order valence-electron chi connectivity index (χ3n) is 5.61. The maximum atomic E-state index is 15.0. The minimum absolute atomic E-state index is 0.0133. The standard InChI is InChI=1S/C24H21Cl2FN4O3S/c1-12(2)21-23(18(35-4)8-9-28-21)30-11-16(31(32)33)20(26)13-10-14(25)22(29-24(13)30)19-15(27)6-5-7-17(19)34-3/h5-10,12H,11H2,1-4H3. The lowest BCUT2D eigenvalue weighted by Gasteiger charge is -2.32. The van der Waals surface area contributed by atoms with Gasteiger partial charge < -0.3 is 9.64 Å². The lowest BCUT2D eigenvalue weighted by molar-refractivity contribution is -0.424. The monoisotopic (exact) mass is 534 g/mol. The average Bonchev–Trinajstić information content (AvgIpc) is 2.83. The Morgan fingerprint density at radius 3 is 2.66 bits per heavy atom. The molecule has 0 amide bonds. The quantitative estimate of drug-likeness (QED) is 0.189. The first-order valence-electron chi connectivity index (χ1n) is 10.6. The number of anilines is 2. The van der Waals surface area contributed by atoms with Crippen molar-refractivity contribution >= 4 is 51.5 Å². The molecule has 3 aromatic rings. The first kappa shape index (κ1) is 25.2. The van der Waals surface area contributed by atoms with Gasteiger partial charge in [-0.1, -0.05) is 43.1 Å². The highest BCUT2D eigenvalue weighted by Gasteiger charge is 2.36. The lowest BCUT2D eigenvalue weighted by atomic mass is 10.0. The Labute approximate surface area is 216 Å². The summed E-state index contributed by atoms with van der Waals surface area (Å²) in [6, 6.07) is 7.74. The van der Waals surface area contributed by atoms with Crippen LogP contribution in [0.1, 0.15) is 31.0 Å². The highest BCUT2D eigenvalue weighted by atomic mass is 35.5. The summed E-state index contributed by atoms with van der Waals surface area (Å²) in [5.41, 5.74) is 1.73. The van der Waals surface area contributed by atoms with Crippen LogP contribution in [0.25, 0.3) is 16.3 Å². The lowest BCUT2D eigenvalue weighted by Crippen LogP contribution is -2.30. The molecule has 0 fully saturated rings. The number of thioether (sulfide) groups is 1. The van der Waals surface area contributed by atoms with Crippen molar-refractivity contribution in [2.75, 3.05) is 24.8 Å². The number of fused-ring (bicyclic) bond motifs is 1. The first-order valence-corrected chi connectivity index (χ1v) is 12.5. The van der Waals surface area contributed by atoms with E-state index in [1.807, 2.05) is 26.2 Å². The van der Waals surface area contributed by atoms with Gasteiger partial charge in [0.2, 0.25) is 0 Å². The summed E-state index contributed by atoms with van der Waals surface area (Å²) in [6.45, 7) is 3.83. The van der Waals surface area contributed by atoms with Crippen molar-refractivity contribution in [1.82, 2.24) is 9.97 Å². The number of aromatic nitrogens is 2. The van der Waals surface area contributed by atoms with E-state index in [0.29, 0.717) is 11.5 Å². The van der Waals surface area contributed by atoms with Crippen LogP contribution in [0.5, 0.6) is 5.75 Å². The fourth-order valence-electron chi connectivity index (χ4n) is 4.01. The summed E-state index contributed by atoms with van der Waals surface area (Å²) in [5.74, 6) is 0.0148. The van der Waals surface area contributed by atoms with Gasteiger partial charge in [0.1, 0.15) is 29.0 Å². The van der Waals surface area contributed by atoms with Crippen molar-refractivity contribution in [2.24, 2.45) is 0 Å². The Hall–Kier alpha value is -2.88. The number of rotatable bonds is 6. The fourth-order valence-corrected chi connectivity index (χ4v) is 5.13. The molecule has 35 heavy (non-hydrogen) atoms. The van der Waals surface area contributed by atoms with Gasteiger partial charge >= 0.3 is 0 Å². The zero-order valence-corrected chi connectivity index (χ0v) is 21.6. The van der Waals surface area contributed by atoms with Crippen molar-refractivity contribution in [3.63, 3.8) is 0 Å². The third-order valence-corrected chi connectivity index (χ3v) is 7.09. The van der Waals surface area contributed by atoms with Crippen molar-refractivity contribution in [1.29, 1.82) is 0 Å². The topological polar surface area (TPSA) is 81.4 Å². The van der Waals surface area contributed by atoms with Crippen LogP contribution < -0.4 is 9.64 Å². The van der Waals surface area contributed by atoms with E-state index in [-0.39, 0.29) is 50.8 Å². The third kappa shape index (κ3) is 4.44. The second-order valence-electron chi connectivity index (χ2n) is 8.01. The van der Waals surface area contributed by atoms with E-state index in [9.17, 15) is 14.5 Å². The predicted octanol–water partition coefficient (Wildman–Crippen LogP) is 7.13. The van der Waals surface area contributed by atoms with Gasteiger partial charge in [0.15, 0.2) is 0 Å². The van der Waals surface area contributed by atoms with E-state index in [4.69, 9.17) is 32.9 Å². The highest BCUT2D eigenvalue weighted by molar-refractivity contribution is 7.98. The largest absolute Gasteiger partial charge is 0.496 e. The minimum Gasteiger partial charge on any atom is -0.496 e. The normalized spacial score (nSPS) is 13.3. The molecule has 182 valence electrons. The number of ether oxygens (including phenoxy) is 1. The molecule has 0 unspecified atom stereocenters. The molecule has 11 heteroatoms. The van der Waals surface area contributed by atoms with E-state index in [1.54, 1.807) is 17.2 Å². The van der Waals surface area contributed by atoms with Crippen LogP contribution in [0.3, 0.4) is 0 Å². The zero-order valence-electron chi connectivity index (χ0n) is 19.3. The summed E-state index contributed by atoms with van der Waals surface area (Å²) in [6.07, 6.45) is 3.62. The molecule has 0 bridgehead atoms. The van der Waals surface area contributed by atoms with Gasteiger partial charge in [-0.15, -0.1) is 11.8 Å². The summed E-state index contributed by atoms with van der Waals surface area (Å²) in [5, 5.41) is 11.9. The summed E-state index contributed by atoms with van der Waals surface area (Å²) < 4.78 is 20.3. The number of halogens is 3. The van der Waals surface area contributed by atoms with Crippen LogP contribution in [0.2, 0.25) is 5.02 Å². The number of hydrogen-bond donors (Lipinski definition) is 0. The summed E-state index contributed by atoms with van der Waals surface area (Å²) in [4.78, 5) is 23.3. The van der Waals surface area contributed by atoms with Crippen LogP contribution in [0.15, 0.2) is 47.1 Å². The molecular weight excluding hydrogens is 514 g/mol. The number of pyridine rings is 2. The smallest absolute Gasteiger partial charge is 0.284 e. The second kappa shape index (κ2) is 10.0. The van der Waals surface area contributed by atoms with Gasteiger partial charge in [-0.05, 0) is 36.4 Å². The Morgan fingerprint density at radius 1 is 1.29 bits per heavy atom. The van der Waals surface area contributed by atoms with E-state index in [2.05, 4.69) is 4.98 Å². The molecule has 3 heterocycles. The molecule has 0 aliphatic carbocycles. The van der Waals surface area contributed by atoms with Crippen molar-refractivity contribution in [3.8, 4) is 17.0 Å². The van der Waals surface area contributed by atoms with Gasteiger partial charge in [0, 0.05) is 16.7 Å². The molecule has 1 aliphatic heterocycles. The van der Waals surface area contributed by atoms with E-state index >= 15 is 0 Å². The maximum absolute atomic E-state index is 15.0. The van der Waals surface area contributed by atoms with E-state index in [1.165, 1.54) is 37.1 Å². The van der Waals surface area contributed by atoms with Crippen molar-refractivity contribution in [2.45, 2.75) is 24.7 Å². The van der Waals surface area contributed by atoms with Crippen molar-refractivity contribution in [3.05, 3.63) is 74.4 Å². The molecule has 0 saturated heterocycles. The number of hydrogen-bond acceptors (Lipinski definition) is 7. The molecule has 1 aromatic carbocycles. The molecule has 2 aromatic heterocycles. The molecule has 1 aliphatic rings. The van der Waals surface area contributed by atoms with Crippen LogP contribution in [-0.2, 0) is 0 Å². The van der Waals surface area contributed by atoms with Gasteiger partial charge in [-0.3, -0.25) is 15.1 Å². The predicted molar refractivity (Wildman–Crippen MR) is 138 cm³/mol. The molecule has 0 radical (unpaired) electrons. The van der Waals surface area contributed by atoms with E-state index < -0.39 is 10.7 Å². The van der Waals surface area contributed by atoms with Crippen LogP contribution in [0, 0.1) is 15.9 Å². The van der Waals surface area contributed by atoms with Gasteiger partial charge in [0.25, 0.3) is 5.70 Å². The molecular formula is C24H21Cl2FN4O3S. The summed E-state index contributed by atoms with van der Waals surface area (Å²) in [7, 11) is 1.43. The number of benzene rings is 1. The Bertz CT molecular complexity index is 1370. The fraction of sp³-hybridized carbons (Fsp3) is 0.250. The Morgan fingerprint density at radius 2 is 2.03 bits per heavy atom. The molecule has 0 spiro atoms. The number of nitrogens with zero attached hydrogens (tertiary/aromatic N) is 4. The molecule has 0 atom stereocenters. The highest BCUT2D eigenvalue weighted by Crippen LogP contribution is 2.47. The molecule has 7 nitrogen and oxygen atoms in total. The molecule has 0 N–H and O–H groups in total. The maximum Gasteiger partial charge on any atom is 0.284 e. The second-order valence-corrected chi connectivity index (χ2v) is 9.65. The van der Waals surface area contributed by atoms with Gasteiger partial charge in [-0.2, -0.15) is 0 Å². The number of methoxy groups -OCH3 is 1. The van der Waals surface area contributed by atoms with Gasteiger partial charge in [-0.25, -0.2) is 9.37 Å². The van der Waals surface area contributed by atoms with Crippen LogP contribution >= 0.6 is 35.0 Å². The van der Waals surface area contributed by atoms with Crippen LogP contribution in [-0.4, -0.2) is 34.8 Å². The Kier molecular flexibility index (Phi) is 7.21. The zero-order chi connectivity index (χ0) is 25.4. The number of nitro groups is 1. The molecule has 0 saturated carbocycles. The average molecular weight is 535 g/mol. The SMILES string of the molecule is COc1cccc(F)c1-c1nc2c(cc1Cl)C(Cl)=C([N+](=O)[O-])CN2c1c(SC)ccnc1C(C)C. The Balaban J connectivity index is 2.07. The van der Waals surface area contributed by atoms with E-state index in [0.717, 1.165) is 10.6 Å².